The number of rotatable bonds is 6. The predicted octanol–water partition coefficient (Wildman–Crippen LogP) is 1.03. The SMILES string of the molecule is Cn1nc(C(=O)N2CCCC2)c2c1CCN(C(=O)CCC(=O)NCc1cccnc1)C2. The molecule has 2 aliphatic rings. The van der Waals surface area contributed by atoms with Crippen molar-refractivity contribution >= 4 is 17.7 Å². The van der Waals surface area contributed by atoms with E-state index in [0.717, 1.165) is 42.8 Å². The van der Waals surface area contributed by atoms with Crippen LogP contribution in [0.25, 0.3) is 0 Å². The van der Waals surface area contributed by atoms with Crippen LogP contribution in [0.1, 0.15) is 53.0 Å². The Hall–Kier alpha value is -3.23. The fourth-order valence-corrected chi connectivity index (χ4v) is 4.22. The summed E-state index contributed by atoms with van der Waals surface area (Å²) < 4.78 is 1.77. The molecule has 31 heavy (non-hydrogen) atoms. The van der Waals surface area contributed by atoms with Crippen LogP contribution in [0.5, 0.6) is 0 Å². The zero-order valence-corrected chi connectivity index (χ0v) is 17.8. The summed E-state index contributed by atoms with van der Waals surface area (Å²) in [6.45, 7) is 2.86. The highest BCUT2D eigenvalue weighted by Gasteiger charge is 2.31. The van der Waals surface area contributed by atoms with E-state index in [-0.39, 0.29) is 30.6 Å². The Morgan fingerprint density at radius 1 is 1.10 bits per heavy atom. The van der Waals surface area contributed by atoms with E-state index < -0.39 is 0 Å². The predicted molar refractivity (Wildman–Crippen MR) is 113 cm³/mol. The molecule has 2 aliphatic heterocycles. The van der Waals surface area contributed by atoms with E-state index in [9.17, 15) is 14.4 Å². The maximum Gasteiger partial charge on any atom is 0.274 e. The van der Waals surface area contributed by atoms with Gasteiger partial charge in [-0.1, -0.05) is 6.07 Å². The van der Waals surface area contributed by atoms with Gasteiger partial charge in [0.05, 0.1) is 0 Å². The number of aromatic nitrogens is 3. The molecule has 9 nitrogen and oxygen atoms in total. The molecule has 0 atom stereocenters. The minimum absolute atomic E-state index is 0.0431. The second-order valence-corrected chi connectivity index (χ2v) is 8.10. The van der Waals surface area contributed by atoms with Gasteiger partial charge < -0.3 is 15.1 Å². The number of nitrogens with one attached hydrogen (secondary N) is 1. The summed E-state index contributed by atoms with van der Waals surface area (Å²) in [5, 5.41) is 7.29. The van der Waals surface area contributed by atoms with Gasteiger partial charge in [-0.2, -0.15) is 5.10 Å². The van der Waals surface area contributed by atoms with Crippen LogP contribution in [-0.2, 0) is 36.1 Å². The number of fused-ring (bicyclic) bond motifs is 1. The lowest BCUT2D eigenvalue weighted by atomic mass is 10.0. The van der Waals surface area contributed by atoms with Crippen molar-refractivity contribution in [2.75, 3.05) is 19.6 Å². The Morgan fingerprint density at radius 2 is 1.90 bits per heavy atom. The molecule has 0 aromatic carbocycles. The second kappa shape index (κ2) is 9.28. The molecule has 1 N–H and O–H groups in total. The molecule has 1 fully saturated rings. The third kappa shape index (κ3) is 4.76. The normalized spacial score (nSPS) is 15.6. The molecule has 4 rings (SSSR count). The lowest BCUT2D eigenvalue weighted by Crippen LogP contribution is -2.38. The molecular weight excluding hydrogens is 396 g/mol. The largest absolute Gasteiger partial charge is 0.352 e. The highest BCUT2D eigenvalue weighted by Crippen LogP contribution is 2.25. The van der Waals surface area contributed by atoms with E-state index in [4.69, 9.17) is 0 Å². The number of aryl methyl sites for hydroxylation is 1. The van der Waals surface area contributed by atoms with Crippen molar-refractivity contribution < 1.29 is 14.4 Å². The first-order valence-electron chi connectivity index (χ1n) is 10.8. The van der Waals surface area contributed by atoms with Crippen molar-refractivity contribution in [2.45, 2.75) is 45.2 Å². The molecule has 2 aromatic heterocycles. The molecule has 3 amide bonds. The van der Waals surface area contributed by atoms with Crippen LogP contribution in [0, 0.1) is 0 Å². The molecule has 9 heteroatoms. The Morgan fingerprint density at radius 3 is 2.65 bits per heavy atom. The summed E-state index contributed by atoms with van der Waals surface area (Å²) >= 11 is 0. The van der Waals surface area contributed by atoms with Gasteiger partial charge in [0, 0.05) is 82.7 Å². The molecule has 1 saturated heterocycles. The van der Waals surface area contributed by atoms with Gasteiger partial charge in [-0.25, -0.2) is 0 Å². The van der Waals surface area contributed by atoms with Gasteiger partial charge in [0.1, 0.15) is 0 Å². The molecule has 0 bridgehead atoms. The van der Waals surface area contributed by atoms with Crippen molar-refractivity contribution in [3.05, 3.63) is 47.0 Å². The van der Waals surface area contributed by atoms with Gasteiger partial charge in [-0.15, -0.1) is 0 Å². The highest BCUT2D eigenvalue weighted by molar-refractivity contribution is 5.94. The van der Waals surface area contributed by atoms with Crippen molar-refractivity contribution in [2.24, 2.45) is 7.05 Å². The average Bonchev–Trinajstić information content (AvgIpc) is 3.44. The summed E-state index contributed by atoms with van der Waals surface area (Å²) in [5.41, 5.74) is 3.24. The quantitative estimate of drug-likeness (QED) is 0.747. The Kier molecular flexibility index (Phi) is 6.29. The fraction of sp³-hybridized carbons (Fsp3) is 0.500. The minimum atomic E-state index is -0.166. The standard InChI is InChI=1S/C22H28N6O3/c1-26-18-8-12-28(15-17(18)21(25-26)22(31)27-10-2-3-11-27)20(30)7-6-19(29)24-14-16-5-4-9-23-13-16/h4-5,9,13H,2-3,6-8,10-12,14-15H2,1H3,(H,24,29). The van der Waals surface area contributed by atoms with E-state index in [0.29, 0.717) is 31.7 Å². The summed E-state index contributed by atoms with van der Waals surface area (Å²) in [4.78, 5) is 45.4. The summed E-state index contributed by atoms with van der Waals surface area (Å²) in [6, 6.07) is 3.70. The lowest BCUT2D eigenvalue weighted by molar-refractivity contribution is -0.134. The zero-order valence-electron chi connectivity index (χ0n) is 17.8. The number of hydrogen-bond acceptors (Lipinski definition) is 5. The van der Waals surface area contributed by atoms with Crippen LogP contribution in [0.2, 0.25) is 0 Å². The Balaban J connectivity index is 1.33. The molecule has 0 aliphatic carbocycles. The Labute approximate surface area is 181 Å². The van der Waals surface area contributed by atoms with Crippen LogP contribution < -0.4 is 5.32 Å². The van der Waals surface area contributed by atoms with Crippen LogP contribution in [0.15, 0.2) is 24.5 Å². The number of carbonyl (C=O) groups is 3. The Bertz CT molecular complexity index is 965. The lowest BCUT2D eigenvalue weighted by Gasteiger charge is -2.28. The number of carbonyl (C=O) groups excluding carboxylic acids is 3. The summed E-state index contributed by atoms with van der Waals surface area (Å²) in [5.74, 6) is -0.287. The summed E-state index contributed by atoms with van der Waals surface area (Å²) in [6.07, 6.45) is 6.36. The summed E-state index contributed by atoms with van der Waals surface area (Å²) in [7, 11) is 1.85. The van der Waals surface area contributed by atoms with Crippen molar-refractivity contribution in [1.29, 1.82) is 0 Å². The van der Waals surface area contributed by atoms with E-state index in [1.54, 1.807) is 22.0 Å². The first-order valence-corrected chi connectivity index (χ1v) is 10.8. The van der Waals surface area contributed by atoms with Crippen molar-refractivity contribution in [3.63, 3.8) is 0 Å². The zero-order chi connectivity index (χ0) is 21.8. The molecule has 4 heterocycles. The molecule has 0 saturated carbocycles. The topological polar surface area (TPSA) is 100 Å². The first-order chi connectivity index (χ1) is 15.0. The second-order valence-electron chi connectivity index (χ2n) is 8.10. The van der Waals surface area contributed by atoms with Crippen LogP contribution >= 0.6 is 0 Å². The van der Waals surface area contributed by atoms with Gasteiger partial charge in [-0.3, -0.25) is 24.0 Å². The molecular formula is C22H28N6O3. The van der Waals surface area contributed by atoms with Gasteiger partial charge >= 0.3 is 0 Å². The van der Waals surface area contributed by atoms with Gasteiger partial charge in [0.2, 0.25) is 11.8 Å². The fourth-order valence-electron chi connectivity index (χ4n) is 4.22. The van der Waals surface area contributed by atoms with Crippen LogP contribution in [0.4, 0.5) is 0 Å². The maximum absolute atomic E-state index is 12.9. The third-order valence-electron chi connectivity index (χ3n) is 5.97. The third-order valence-corrected chi connectivity index (χ3v) is 5.97. The molecule has 2 aromatic rings. The molecule has 164 valence electrons. The first kappa shape index (κ1) is 21.0. The average molecular weight is 425 g/mol. The number of pyridine rings is 1. The number of nitrogens with zero attached hydrogens (tertiary/aromatic N) is 5. The van der Waals surface area contributed by atoms with Gasteiger partial charge in [0.15, 0.2) is 5.69 Å². The van der Waals surface area contributed by atoms with E-state index in [2.05, 4.69) is 15.4 Å². The molecule has 0 radical (unpaired) electrons. The monoisotopic (exact) mass is 424 g/mol. The van der Waals surface area contributed by atoms with Crippen LogP contribution in [-0.4, -0.2) is 61.9 Å². The van der Waals surface area contributed by atoms with Crippen molar-refractivity contribution in [3.8, 4) is 0 Å². The smallest absolute Gasteiger partial charge is 0.274 e. The highest BCUT2D eigenvalue weighted by atomic mass is 16.2. The van der Waals surface area contributed by atoms with Crippen molar-refractivity contribution in [1.82, 2.24) is 29.9 Å². The van der Waals surface area contributed by atoms with Gasteiger partial charge in [0.25, 0.3) is 5.91 Å². The number of likely N-dealkylation sites (tertiary alicyclic amines) is 1. The molecule has 0 unspecified atom stereocenters. The maximum atomic E-state index is 12.9. The number of amides is 3. The van der Waals surface area contributed by atoms with Gasteiger partial charge in [-0.05, 0) is 24.5 Å². The van der Waals surface area contributed by atoms with E-state index in [1.165, 1.54) is 0 Å². The number of hydrogen-bond donors (Lipinski definition) is 1. The minimum Gasteiger partial charge on any atom is -0.352 e. The van der Waals surface area contributed by atoms with E-state index in [1.807, 2.05) is 24.1 Å². The molecule has 0 spiro atoms. The van der Waals surface area contributed by atoms with E-state index >= 15 is 0 Å². The van der Waals surface area contributed by atoms with Crippen LogP contribution in [0.3, 0.4) is 0 Å².